The molecule has 0 saturated carbocycles. The lowest BCUT2D eigenvalue weighted by molar-refractivity contribution is -0.910. The Morgan fingerprint density at radius 2 is 2.08 bits per heavy atom. The number of piperidine rings is 1. The van der Waals surface area contributed by atoms with Crippen LogP contribution in [0.3, 0.4) is 0 Å². The number of likely N-dealkylation sites (tertiary alicyclic amines) is 1. The van der Waals surface area contributed by atoms with Crippen LogP contribution in [0.4, 0.5) is 0 Å². The number of quaternary nitrogens is 1. The van der Waals surface area contributed by atoms with E-state index in [0.29, 0.717) is 24.9 Å². The second kappa shape index (κ2) is 4.00. The van der Waals surface area contributed by atoms with Gasteiger partial charge in [0.05, 0.1) is 26.7 Å². The zero-order valence-electron chi connectivity index (χ0n) is 8.07. The summed E-state index contributed by atoms with van der Waals surface area (Å²) in [6.45, 7) is 6.46. The van der Waals surface area contributed by atoms with Crippen molar-refractivity contribution in [2.24, 2.45) is 0 Å². The van der Waals surface area contributed by atoms with E-state index < -0.39 is 4.93 Å². The predicted molar refractivity (Wildman–Crippen MR) is 55.4 cm³/mol. The first-order valence-electron chi connectivity index (χ1n) is 4.53. The standard InChI is InChI=1S/C9H17NO2S/c1-3-6-10(2)7-4-9(11,13-12)5-8-10/h3,11H,1,4-8H2,2H3/p+1. The van der Waals surface area contributed by atoms with Crippen molar-refractivity contribution in [3.8, 4) is 0 Å². The average Bonchev–Trinajstić information content (AvgIpc) is 2.12. The highest BCUT2D eigenvalue weighted by Gasteiger charge is 2.39. The van der Waals surface area contributed by atoms with E-state index in [1.165, 1.54) is 0 Å². The molecule has 0 radical (unpaired) electrons. The Balaban J connectivity index is 2.50. The summed E-state index contributed by atoms with van der Waals surface area (Å²) in [4.78, 5) is -0.904. The molecule has 0 aromatic rings. The van der Waals surface area contributed by atoms with Crippen LogP contribution in [0.1, 0.15) is 12.8 Å². The Bertz CT molecular complexity index is 188. The summed E-state index contributed by atoms with van der Waals surface area (Å²) < 4.78 is 9.81. The van der Waals surface area contributed by atoms with Crippen molar-refractivity contribution >= 4 is 12.0 Å². The molecule has 13 heavy (non-hydrogen) atoms. The Hall–Kier alpha value is -0.0300. The molecule has 1 saturated heterocycles. The van der Waals surface area contributed by atoms with E-state index in [-0.39, 0.29) is 0 Å². The smallest absolute Gasteiger partial charge is 0.146 e. The van der Waals surface area contributed by atoms with Gasteiger partial charge in [-0.3, -0.25) is 0 Å². The van der Waals surface area contributed by atoms with E-state index in [4.69, 9.17) is 4.55 Å². The monoisotopic (exact) mass is 204 g/mol. The highest BCUT2D eigenvalue weighted by molar-refractivity contribution is 7.94. The number of nitrogens with zero attached hydrogens (tertiary/aromatic N) is 1. The minimum absolute atomic E-state index is 0.587. The molecule has 1 heterocycles. The van der Waals surface area contributed by atoms with Gasteiger partial charge in [0.1, 0.15) is 4.93 Å². The topological polar surface area (TPSA) is 40.5 Å². The molecular weight excluding hydrogens is 186 g/mol. The summed E-state index contributed by atoms with van der Waals surface area (Å²) in [5, 5.41) is 9.76. The number of aliphatic hydroxyl groups is 1. The molecule has 0 aromatic carbocycles. The second-order valence-electron chi connectivity index (χ2n) is 4.08. The molecule has 1 aliphatic rings. The number of rotatable bonds is 3. The molecule has 0 bridgehead atoms. The van der Waals surface area contributed by atoms with Crippen LogP contribution in [0.5, 0.6) is 0 Å². The van der Waals surface area contributed by atoms with Crippen LogP contribution in [0.2, 0.25) is 0 Å². The van der Waals surface area contributed by atoms with E-state index in [0.717, 1.165) is 24.1 Å². The Morgan fingerprint density at radius 1 is 1.54 bits per heavy atom. The lowest BCUT2D eigenvalue weighted by Crippen LogP contribution is -2.53. The van der Waals surface area contributed by atoms with Crippen LogP contribution in [-0.4, -0.2) is 45.8 Å². The van der Waals surface area contributed by atoms with E-state index in [9.17, 15) is 5.11 Å². The molecule has 76 valence electrons. The van der Waals surface area contributed by atoms with Crippen LogP contribution >= 0.6 is 12.0 Å². The fourth-order valence-corrected chi connectivity index (χ4v) is 2.08. The molecule has 1 rings (SSSR count). The number of hydrogen-bond acceptors (Lipinski definition) is 3. The molecule has 0 unspecified atom stereocenters. The van der Waals surface area contributed by atoms with Gasteiger partial charge in [-0.05, 0) is 6.08 Å². The maximum absolute atomic E-state index is 9.76. The van der Waals surface area contributed by atoms with Crippen LogP contribution in [-0.2, 0) is 0 Å². The minimum Gasteiger partial charge on any atom is -0.377 e. The van der Waals surface area contributed by atoms with Crippen molar-refractivity contribution in [2.45, 2.75) is 17.8 Å². The van der Waals surface area contributed by atoms with Crippen molar-refractivity contribution in [1.29, 1.82) is 0 Å². The van der Waals surface area contributed by atoms with Crippen LogP contribution < -0.4 is 0 Å². The molecule has 0 atom stereocenters. The van der Waals surface area contributed by atoms with Crippen LogP contribution in [0.15, 0.2) is 12.7 Å². The zero-order valence-corrected chi connectivity index (χ0v) is 8.89. The lowest BCUT2D eigenvalue weighted by atomic mass is 10.1. The third-order valence-corrected chi connectivity index (χ3v) is 3.57. The van der Waals surface area contributed by atoms with Crippen molar-refractivity contribution in [2.75, 3.05) is 26.7 Å². The SMILES string of the molecule is C=CC[N+]1(C)CCC(O)(SO)CC1. The summed E-state index contributed by atoms with van der Waals surface area (Å²) >= 11 is 0.587. The Labute approximate surface area is 83.9 Å². The van der Waals surface area contributed by atoms with Crippen LogP contribution in [0, 0.1) is 0 Å². The molecule has 3 nitrogen and oxygen atoms in total. The summed E-state index contributed by atoms with van der Waals surface area (Å²) in [5.41, 5.74) is 0. The highest BCUT2D eigenvalue weighted by atomic mass is 32.2. The summed E-state index contributed by atoms with van der Waals surface area (Å²) in [5.74, 6) is 0. The Kier molecular flexibility index (Phi) is 3.40. The van der Waals surface area contributed by atoms with E-state index in [1.807, 2.05) is 6.08 Å². The maximum Gasteiger partial charge on any atom is 0.146 e. The molecule has 0 amide bonds. The fraction of sp³-hybridized carbons (Fsp3) is 0.778. The maximum atomic E-state index is 9.76. The average molecular weight is 204 g/mol. The fourth-order valence-electron chi connectivity index (χ4n) is 1.71. The van der Waals surface area contributed by atoms with Gasteiger partial charge in [-0.25, -0.2) is 0 Å². The molecule has 0 aromatic heterocycles. The second-order valence-corrected chi connectivity index (χ2v) is 5.02. The van der Waals surface area contributed by atoms with E-state index in [1.54, 1.807) is 0 Å². The summed E-state index contributed by atoms with van der Waals surface area (Å²) in [6, 6.07) is 0. The first-order chi connectivity index (χ1) is 6.04. The summed E-state index contributed by atoms with van der Waals surface area (Å²) in [7, 11) is 2.16. The minimum atomic E-state index is -0.904. The third-order valence-electron chi connectivity index (χ3n) is 2.82. The highest BCUT2D eigenvalue weighted by Crippen LogP contribution is 2.33. The molecule has 1 aliphatic heterocycles. The summed E-state index contributed by atoms with van der Waals surface area (Å²) in [6.07, 6.45) is 3.22. The number of hydrogen-bond donors (Lipinski definition) is 2. The normalized spacial score (nSPS) is 40.2. The first-order valence-corrected chi connectivity index (χ1v) is 5.30. The van der Waals surface area contributed by atoms with E-state index in [2.05, 4.69) is 13.6 Å². The van der Waals surface area contributed by atoms with Crippen LogP contribution in [0.25, 0.3) is 0 Å². The van der Waals surface area contributed by atoms with Gasteiger partial charge < -0.3 is 14.1 Å². The third kappa shape index (κ3) is 2.71. The van der Waals surface area contributed by atoms with Gasteiger partial charge in [0, 0.05) is 24.9 Å². The predicted octanol–water partition coefficient (Wildman–Crippen LogP) is 1.31. The quantitative estimate of drug-likeness (QED) is 0.315. The molecule has 2 N–H and O–H groups in total. The molecule has 0 aliphatic carbocycles. The van der Waals surface area contributed by atoms with Gasteiger partial charge in [0.2, 0.25) is 0 Å². The van der Waals surface area contributed by atoms with Crippen molar-refractivity contribution in [1.82, 2.24) is 0 Å². The molecule has 0 spiro atoms. The van der Waals surface area contributed by atoms with Gasteiger partial charge in [0.15, 0.2) is 0 Å². The van der Waals surface area contributed by atoms with Crippen molar-refractivity contribution in [3.05, 3.63) is 12.7 Å². The van der Waals surface area contributed by atoms with Gasteiger partial charge in [-0.15, -0.1) is 0 Å². The van der Waals surface area contributed by atoms with Crippen molar-refractivity contribution < 1.29 is 14.1 Å². The van der Waals surface area contributed by atoms with Gasteiger partial charge in [-0.1, -0.05) is 6.58 Å². The first kappa shape index (κ1) is 11.0. The zero-order chi connectivity index (χ0) is 9.95. The van der Waals surface area contributed by atoms with Gasteiger partial charge in [-0.2, -0.15) is 0 Å². The van der Waals surface area contributed by atoms with Gasteiger partial charge in [0.25, 0.3) is 0 Å². The molecular formula is C9H18NO2S+. The van der Waals surface area contributed by atoms with E-state index >= 15 is 0 Å². The molecule has 4 heteroatoms. The van der Waals surface area contributed by atoms with Gasteiger partial charge >= 0.3 is 0 Å². The molecule has 1 fully saturated rings. The van der Waals surface area contributed by atoms with Crippen molar-refractivity contribution in [3.63, 3.8) is 0 Å². The Morgan fingerprint density at radius 3 is 2.46 bits per heavy atom. The number of likely N-dealkylation sites (N-methyl/N-ethyl adjacent to an activating group) is 1. The lowest BCUT2D eigenvalue weighted by Gasteiger charge is -2.42. The largest absolute Gasteiger partial charge is 0.377 e.